The highest BCUT2D eigenvalue weighted by atomic mass is 16.3. The first-order valence-corrected chi connectivity index (χ1v) is 5.92. The first-order valence-electron chi connectivity index (χ1n) is 5.92. The molecule has 0 spiro atoms. The van der Waals surface area contributed by atoms with Gasteiger partial charge in [-0.05, 0) is 24.1 Å². The lowest BCUT2D eigenvalue weighted by atomic mass is 10.00. The van der Waals surface area contributed by atoms with Crippen molar-refractivity contribution in [2.24, 2.45) is 5.92 Å². The monoisotopic (exact) mass is 234 g/mol. The second kappa shape index (κ2) is 5.19. The summed E-state index contributed by atoms with van der Waals surface area (Å²) in [7, 11) is 0. The summed E-state index contributed by atoms with van der Waals surface area (Å²) in [4.78, 5) is 13.6. The number of hydrogen-bond acceptors (Lipinski definition) is 3. The molecule has 4 nitrogen and oxygen atoms in total. The quantitative estimate of drug-likeness (QED) is 0.752. The highest BCUT2D eigenvalue weighted by Crippen LogP contribution is 2.16. The molecule has 1 heterocycles. The number of likely N-dealkylation sites (tertiary alicyclic amines) is 1. The number of nitrogens with zero attached hydrogens (tertiary/aromatic N) is 1. The topological polar surface area (TPSA) is 66.6 Å². The van der Waals surface area contributed by atoms with E-state index >= 15 is 0 Å². The van der Waals surface area contributed by atoms with Crippen molar-refractivity contribution < 1.29 is 9.90 Å². The minimum absolute atomic E-state index is 0.173. The molecule has 1 amide bonds. The van der Waals surface area contributed by atoms with Gasteiger partial charge in [0.25, 0.3) is 0 Å². The van der Waals surface area contributed by atoms with Crippen LogP contribution in [-0.4, -0.2) is 35.6 Å². The van der Waals surface area contributed by atoms with Crippen LogP contribution in [0.15, 0.2) is 24.3 Å². The molecule has 1 fully saturated rings. The van der Waals surface area contributed by atoms with Crippen molar-refractivity contribution in [1.82, 2.24) is 4.90 Å². The predicted molar refractivity (Wildman–Crippen MR) is 66.3 cm³/mol. The second-order valence-corrected chi connectivity index (χ2v) is 4.59. The Bertz CT molecular complexity index is 383. The Morgan fingerprint density at radius 1 is 1.35 bits per heavy atom. The molecule has 0 atom stereocenters. The van der Waals surface area contributed by atoms with Crippen LogP contribution in [0.4, 0.5) is 5.69 Å². The summed E-state index contributed by atoms with van der Waals surface area (Å²) in [5, 5.41) is 8.87. The average molecular weight is 234 g/mol. The third-order valence-corrected chi connectivity index (χ3v) is 3.18. The van der Waals surface area contributed by atoms with Crippen molar-refractivity contribution in [2.75, 3.05) is 25.4 Å². The lowest BCUT2D eigenvalue weighted by Gasteiger charge is -2.38. The molecule has 0 radical (unpaired) electrons. The Hall–Kier alpha value is -1.55. The fourth-order valence-electron chi connectivity index (χ4n) is 1.98. The van der Waals surface area contributed by atoms with Crippen LogP contribution in [0.3, 0.4) is 0 Å². The van der Waals surface area contributed by atoms with E-state index in [2.05, 4.69) is 0 Å². The fraction of sp³-hybridized carbons (Fsp3) is 0.462. The van der Waals surface area contributed by atoms with Gasteiger partial charge in [-0.1, -0.05) is 12.1 Å². The van der Waals surface area contributed by atoms with Crippen LogP contribution in [0.1, 0.15) is 12.0 Å². The van der Waals surface area contributed by atoms with Crippen LogP contribution < -0.4 is 5.73 Å². The second-order valence-electron chi connectivity index (χ2n) is 4.59. The summed E-state index contributed by atoms with van der Waals surface area (Å²) >= 11 is 0. The van der Waals surface area contributed by atoms with Crippen LogP contribution in [0.5, 0.6) is 0 Å². The number of amides is 1. The number of carbonyl (C=O) groups is 1. The molecule has 2 rings (SSSR count). The maximum Gasteiger partial charge on any atom is 0.222 e. The Labute approximate surface area is 101 Å². The van der Waals surface area contributed by atoms with Gasteiger partial charge in [-0.2, -0.15) is 0 Å². The Kier molecular flexibility index (Phi) is 3.64. The predicted octanol–water partition coefficient (Wildman–Crippen LogP) is 0.652. The fourth-order valence-corrected chi connectivity index (χ4v) is 1.98. The molecule has 3 N–H and O–H groups in total. The lowest BCUT2D eigenvalue weighted by molar-refractivity contribution is -0.138. The van der Waals surface area contributed by atoms with Gasteiger partial charge >= 0.3 is 0 Å². The van der Waals surface area contributed by atoms with Crippen LogP contribution in [0.2, 0.25) is 0 Å². The molecular weight excluding hydrogens is 216 g/mol. The zero-order valence-electron chi connectivity index (χ0n) is 9.80. The number of nitrogen functional groups attached to an aromatic ring is 1. The van der Waals surface area contributed by atoms with Gasteiger partial charge in [0.1, 0.15) is 0 Å². The summed E-state index contributed by atoms with van der Waals surface area (Å²) in [6.07, 6.45) is 1.28. The summed E-state index contributed by atoms with van der Waals surface area (Å²) in [6.45, 7) is 1.59. The third-order valence-electron chi connectivity index (χ3n) is 3.18. The van der Waals surface area contributed by atoms with Crippen molar-refractivity contribution in [3.8, 4) is 0 Å². The van der Waals surface area contributed by atoms with Gasteiger partial charge in [-0.15, -0.1) is 0 Å². The van der Waals surface area contributed by atoms with E-state index in [9.17, 15) is 4.79 Å². The van der Waals surface area contributed by atoms with E-state index in [0.717, 1.165) is 17.7 Å². The van der Waals surface area contributed by atoms with Gasteiger partial charge in [0, 0.05) is 37.7 Å². The molecule has 0 unspecified atom stereocenters. The smallest absolute Gasteiger partial charge is 0.222 e. The molecule has 0 bridgehead atoms. The first kappa shape index (κ1) is 11.9. The van der Waals surface area contributed by atoms with E-state index in [1.807, 2.05) is 24.3 Å². The van der Waals surface area contributed by atoms with Gasteiger partial charge in [0.05, 0.1) is 0 Å². The highest BCUT2D eigenvalue weighted by Gasteiger charge is 2.29. The number of benzene rings is 1. The summed E-state index contributed by atoms with van der Waals surface area (Å²) in [6, 6.07) is 7.61. The van der Waals surface area contributed by atoms with Gasteiger partial charge in [-0.25, -0.2) is 0 Å². The van der Waals surface area contributed by atoms with E-state index in [1.165, 1.54) is 0 Å². The van der Waals surface area contributed by atoms with Gasteiger partial charge in [-0.3, -0.25) is 4.79 Å². The Balaban J connectivity index is 1.75. The van der Waals surface area contributed by atoms with Crippen LogP contribution in [0.25, 0.3) is 0 Å². The number of rotatable bonds is 4. The van der Waals surface area contributed by atoms with Crippen LogP contribution in [-0.2, 0) is 11.2 Å². The largest absolute Gasteiger partial charge is 0.399 e. The molecule has 1 aromatic rings. The molecular formula is C13H18N2O2. The standard InChI is InChI=1S/C13H18N2O2/c14-12-4-1-10(2-5-12)3-6-13(17)15-7-11(8-15)9-16/h1-2,4-5,11,16H,3,6-9,14H2. The molecule has 0 aromatic heterocycles. The van der Waals surface area contributed by atoms with E-state index < -0.39 is 0 Å². The number of aliphatic hydroxyl groups is 1. The zero-order chi connectivity index (χ0) is 12.3. The highest BCUT2D eigenvalue weighted by molar-refractivity contribution is 5.77. The number of anilines is 1. The van der Waals surface area contributed by atoms with Crippen molar-refractivity contribution in [1.29, 1.82) is 0 Å². The van der Waals surface area contributed by atoms with Gasteiger partial charge in [0.15, 0.2) is 0 Å². The number of nitrogens with two attached hydrogens (primary N) is 1. The SMILES string of the molecule is Nc1ccc(CCC(=O)N2CC(CO)C2)cc1. The average Bonchev–Trinajstić information content (AvgIpc) is 2.27. The van der Waals surface area contributed by atoms with Crippen molar-refractivity contribution in [2.45, 2.75) is 12.8 Å². The van der Waals surface area contributed by atoms with Crippen molar-refractivity contribution in [3.63, 3.8) is 0 Å². The van der Waals surface area contributed by atoms with Crippen LogP contribution in [0, 0.1) is 5.92 Å². The molecule has 1 saturated heterocycles. The molecule has 1 aromatic carbocycles. The van der Waals surface area contributed by atoms with Gasteiger partial charge < -0.3 is 15.7 Å². The molecule has 92 valence electrons. The van der Waals surface area contributed by atoms with Gasteiger partial charge in [0.2, 0.25) is 5.91 Å². The summed E-state index contributed by atoms with van der Waals surface area (Å²) in [5.74, 6) is 0.460. The normalized spacial score (nSPS) is 15.7. The number of carbonyl (C=O) groups excluding carboxylic acids is 1. The summed E-state index contributed by atoms with van der Waals surface area (Å²) in [5.41, 5.74) is 7.47. The van der Waals surface area contributed by atoms with E-state index in [4.69, 9.17) is 10.8 Å². The van der Waals surface area contributed by atoms with E-state index in [0.29, 0.717) is 19.5 Å². The molecule has 0 aliphatic carbocycles. The van der Waals surface area contributed by atoms with E-state index in [1.54, 1.807) is 4.90 Å². The minimum Gasteiger partial charge on any atom is -0.399 e. The van der Waals surface area contributed by atoms with Crippen molar-refractivity contribution in [3.05, 3.63) is 29.8 Å². The lowest BCUT2D eigenvalue weighted by Crippen LogP contribution is -2.51. The maximum atomic E-state index is 11.7. The first-order chi connectivity index (χ1) is 8.19. The van der Waals surface area contributed by atoms with E-state index in [-0.39, 0.29) is 18.4 Å². The molecule has 1 aliphatic heterocycles. The Morgan fingerprint density at radius 3 is 2.59 bits per heavy atom. The molecule has 1 aliphatic rings. The van der Waals surface area contributed by atoms with Crippen molar-refractivity contribution >= 4 is 11.6 Å². The third kappa shape index (κ3) is 2.97. The Morgan fingerprint density at radius 2 is 2.00 bits per heavy atom. The number of aryl methyl sites for hydroxylation is 1. The minimum atomic E-state index is 0.173. The molecule has 0 saturated carbocycles. The van der Waals surface area contributed by atoms with Crippen LogP contribution >= 0.6 is 0 Å². The molecule has 4 heteroatoms. The number of hydrogen-bond donors (Lipinski definition) is 2. The summed E-state index contributed by atoms with van der Waals surface area (Å²) < 4.78 is 0. The zero-order valence-corrected chi connectivity index (χ0v) is 9.80. The maximum absolute atomic E-state index is 11.7. The molecule has 17 heavy (non-hydrogen) atoms. The number of aliphatic hydroxyl groups excluding tert-OH is 1.